The van der Waals surface area contributed by atoms with Crippen molar-refractivity contribution in [2.75, 3.05) is 13.1 Å². The summed E-state index contributed by atoms with van der Waals surface area (Å²) >= 11 is 0. The summed E-state index contributed by atoms with van der Waals surface area (Å²) in [5, 5.41) is 0. The molecule has 6 heteroatoms. The monoisotopic (exact) mass is 754 g/mol. The molecule has 1 amide bonds. The summed E-state index contributed by atoms with van der Waals surface area (Å²) in [4.78, 5) is 28.5. The number of nitrogens with zero attached hydrogens (tertiary/aromatic N) is 1. The highest BCUT2D eigenvalue weighted by Crippen LogP contribution is 2.67. The maximum absolute atomic E-state index is 13.4. The van der Waals surface area contributed by atoms with Crippen LogP contribution in [0.1, 0.15) is 198 Å². The Morgan fingerprint density at radius 2 is 1.54 bits per heavy atom. The molecule has 4 N–H and O–H groups in total. The first-order valence-corrected chi connectivity index (χ1v) is 23.0. The molecule has 0 aliphatic heterocycles. The molecule has 3 fully saturated rings. The van der Waals surface area contributed by atoms with Gasteiger partial charge in [-0.2, -0.15) is 0 Å². The molecule has 0 aromatic rings. The van der Waals surface area contributed by atoms with E-state index in [1.807, 2.05) is 18.7 Å². The number of fused-ring (bicyclic) bond motifs is 5. The van der Waals surface area contributed by atoms with Crippen molar-refractivity contribution in [3.05, 3.63) is 11.6 Å². The number of unbranched alkanes of at least 4 members (excludes halogenated alkanes) is 4. The Hall–Kier alpha value is -1.40. The average Bonchev–Trinajstić information content (AvgIpc) is 3.44. The van der Waals surface area contributed by atoms with Gasteiger partial charge in [0, 0.05) is 37.0 Å². The molecule has 312 valence electrons. The first kappa shape index (κ1) is 45.3. The van der Waals surface area contributed by atoms with Crippen LogP contribution in [0.25, 0.3) is 0 Å². The number of hydrogen-bond acceptors (Lipinski definition) is 5. The molecule has 0 saturated heterocycles. The molecule has 0 unspecified atom stereocenters. The third-order valence-corrected chi connectivity index (χ3v) is 15.7. The number of amides is 1. The second-order valence-electron chi connectivity index (χ2n) is 21.4. The predicted octanol–water partition coefficient (Wildman–Crippen LogP) is 11.4. The van der Waals surface area contributed by atoms with Crippen LogP contribution in [-0.4, -0.2) is 47.0 Å². The lowest BCUT2D eigenvalue weighted by atomic mass is 9.47. The summed E-state index contributed by atoms with van der Waals surface area (Å²) in [5.41, 5.74) is 14.3. The number of esters is 1. The van der Waals surface area contributed by atoms with E-state index in [9.17, 15) is 9.59 Å². The van der Waals surface area contributed by atoms with Gasteiger partial charge in [-0.15, -0.1) is 0 Å². The minimum Gasteiger partial charge on any atom is -0.462 e. The smallest absolute Gasteiger partial charge is 0.306 e. The van der Waals surface area contributed by atoms with Crippen LogP contribution in [-0.2, 0) is 14.3 Å². The van der Waals surface area contributed by atoms with Gasteiger partial charge in [0.1, 0.15) is 6.10 Å². The quantitative estimate of drug-likeness (QED) is 0.0691. The zero-order valence-electron chi connectivity index (χ0n) is 37.1. The first-order valence-electron chi connectivity index (χ1n) is 23.0. The SMILES string of the molecule is CC[C@H](CC[C@@H](C)[C@H]1CC[C@H]2[C@@H]3CC=C4C[C@@H](OC(=O)CCC(=O)N(CCCCCCCC(C)(C)N)CCC(C)(C)N)CC[C@]4(C)[C@H]3CC[C@]12C)C(C)C. The summed E-state index contributed by atoms with van der Waals surface area (Å²) in [7, 11) is 0. The minimum atomic E-state index is -0.337. The van der Waals surface area contributed by atoms with E-state index in [2.05, 4.69) is 61.5 Å². The third-order valence-electron chi connectivity index (χ3n) is 15.7. The summed E-state index contributed by atoms with van der Waals surface area (Å²) < 4.78 is 6.13. The normalized spacial score (nSPS) is 30.9. The van der Waals surface area contributed by atoms with Gasteiger partial charge in [-0.05, 0) is 151 Å². The van der Waals surface area contributed by atoms with E-state index in [-0.39, 0.29) is 47.3 Å². The fraction of sp³-hybridized carbons (Fsp3) is 0.917. The average molecular weight is 754 g/mol. The largest absolute Gasteiger partial charge is 0.462 e. The molecule has 4 aliphatic rings. The van der Waals surface area contributed by atoms with Crippen molar-refractivity contribution in [3.8, 4) is 0 Å². The Labute approximate surface area is 333 Å². The van der Waals surface area contributed by atoms with Gasteiger partial charge in [-0.25, -0.2) is 0 Å². The maximum Gasteiger partial charge on any atom is 0.306 e. The molecule has 4 rings (SSSR count). The lowest BCUT2D eigenvalue weighted by molar-refractivity contribution is -0.153. The molecule has 0 aromatic heterocycles. The predicted molar refractivity (Wildman–Crippen MR) is 227 cm³/mol. The van der Waals surface area contributed by atoms with E-state index in [0.29, 0.717) is 12.0 Å². The van der Waals surface area contributed by atoms with Crippen molar-refractivity contribution >= 4 is 11.9 Å². The Bertz CT molecular complexity index is 1230. The zero-order valence-corrected chi connectivity index (χ0v) is 37.1. The molecule has 3 saturated carbocycles. The zero-order chi connectivity index (χ0) is 39.9. The molecule has 54 heavy (non-hydrogen) atoms. The van der Waals surface area contributed by atoms with Crippen LogP contribution >= 0.6 is 0 Å². The Balaban J connectivity index is 1.26. The molecule has 0 aromatic carbocycles. The summed E-state index contributed by atoms with van der Waals surface area (Å²) in [6.45, 7) is 24.6. The number of carbonyl (C=O) groups is 2. The van der Waals surface area contributed by atoms with Gasteiger partial charge in [-0.1, -0.05) is 91.7 Å². The number of rotatable bonds is 21. The minimum absolute atomic E-state index is 0.0480. The van der Waals surface area contributed by atoms with Gasteiger partial charge in [0.05, 0.1) is 6.42 Å². The Morgan fingerprint density at radius 3 is 2.20 bits per heavy atom. The molecule has 0 radical (unpaired) electrons. The van der Waals surface area contributed by atoms with E-state index < -0.39 is 0 Å². The van der Waals surface area contributed by atoms with Crippen molar-refractivity contribution in [2.24, 2.45) is 63.7 Å². The molecular formula is C48H87N3O3. The van der Waals surface area contributed by atoms with Crippen molar-refractivity contribution in [3.63, 3.8) is 0 Å². The lowest BCUT2D eigenvalue weighted by Gasteiger charge is -2.58. The van der Waals surface area contributed by atoms with Crippen molar-refractivity contribution < 1.29 is 14.3 Å². The van der Waals surface area contributed by atoms with Crippen LogP contribution in [0.2, 0.25) is 0 Å². The summed E-state index contributed by atoms with van der Waals surface area (Å²) in [6.07, 6.45) is 24.0. The molecule has 9 atom stereocenters. The third kappa shape index (κ3) is 12.1. The fourth-order valence-electron chi connectivity index (χ4n) is 12.2. The number of carbonyl (C=O) groups excluding carboxylic acids is 2. The van der Waals surface area contributed by atoms with Crippen LogP contribution in [0.4, 0.5) is 0 Å². The number of ether oxygens (including phenoxy) is 1. The number of hydrogen-bond donors (Lipinski definition) is 2. The van der Waals surface area contributed by atoms with E-state index >= 15 is 0 Å². The van der Waals surface area contributed by atoms with Gasteiger partial charge in [0.15, 0.2) is 0 Å². The highest BCUT2D eigenvalue weighted by Gasteiger charge is 2.59. The van der Waals surface area contributed by atoms with Gasteiger partial charge in [-0.3, -0.25) is 9.59 Å². The second-order valence-corrected chi connectivity index (χ2v) is 21.4. The lowest BCUT2D eigenvalue weighted by Crippen LogP contribution is -2.51. The van der Waals surface area contributed by atoms with E-state index in [0.717, 1.165) is 106 Å². The van der Waals surface area contributed by atoms with Crippen LogP contribution in [0, 0.1) is 52.3 Å². The first-order chi connectivity index (χ1) is 25.3. The van der Waals surface area contributed by atoms with Gasteiger partial charge in [0.2, 0.25) is 5.91 Å². The fourth-order valence-corrected chi connectivity index (χ4v) is 12.2. The van der Waals surface area contributed by atoms with Gasteiger partial charge < -0.3 is 21.1 Å². The van der Waals surface area contributed by atoms with Gasteiger partial charge in [0.25, 0.3) is 0 Å². The van der Waals surface area contributed by atoms with Crippen LogP contribution < -0.4 is 11.5 Å². The van der Waals surface area contributed by atoms with E-state index in [4.69, 9.17) is 16.2 Å². The highest BCUT2D eigenvalue weighted by atomic mass is 16.5. The molecule has 6 nitrogen and oxygen atoms in total. The summed E-state index contributed by atoms with van der Waals surface area (Å²) in [6, 6.07) is 0. The van der Waals surface area contributed by atoms with Gasteiger partial charge >= 0.3 is 5.97 Å². The topological polar surface area (TPSA) is 98.7 Å². The second kappa shape index (κ2) is 19.4. The molecular weight excluding hydrogens is 667 g/mol. The standard InChI is InChI=1S/C48H87N3O3/c1-11-36(34(2)3)18-17-35(4)40-21-22-41-39-20-19-37-33-38(25-28-47(37,9)42(39)26-29-48(40,41)10)54-44(53)24-23-43(52)51(32-30-46(7,8)50)31-16-14-12-13-15-27-45(5,6)49/h19,34-36,38-42H,11-18,20-33,49-50H2,1-10H3/t35-,36-,38+,39+,40-,41+,42+,47+,48-/m1/s1. The van der Waals surface area contributed by atoms with Crippen LogP contribution in [0.3, 0.4) is 0 Å². The Kier molecular flexibility index (Phi) is 16.2. The Morgan fingerprint density at radius 1 is 0.852 bits per heavy atom. The molecule has 4 aliphatic carbocycles. The van der Waals surface area contributed by atoms with Crippen molar-refractivity contribution in [1.82, 2.24) is 4.90 Å². The van der Waals surface area contributed by atoms with Crippen molar-refractivity contribution in [1.29, 1.82) is 0 Å². The molecule has 0 bridgehead atoms. The van der Waals surface area contributed by atoms with Crippen LogP contribution in [0.5, 0.6) is 0 Å². The number of nitrogens with two attached hydrogens (primary N) is 2. The van der Waals surface area contributed by atoms with E-state index in [1.165, 1.54) is 57.8 Å². The van der Waals surface area contributed by atoms with E-state index in [1.54, 1.807) is 5.57 Å². The highest BCUT2D eigenvalue weighted by molar-refractivity contribution is 5.81. The van der Waals surface area contributed by atoms with Crippen LogP contribution in [0.15, 0.2) is 11.6 Å². The molecule has 0 spiro atoms. The summed E-state index contributed by atoms with van der Waals surface area (Å²) in [5.74, 6) is 5.60. The number of allylic oxidation sites excluding steroid dienone is 1. The maximum atomic E-state index is 13.4. The molecule has 0 heterocycles. The van der Waals surface area contributed by atoms with Crippen molar-refractivity contribution in [2.45, 2.75) is 215 Å².